The van der Waals surface area contributed by atoms with Gasteiger partial charge < -0.3 is 9.47 Å². The molecule has 10 heteroatoms. The number of benzene rings is 2. The zero-order valence-corrected chi connectivity index (χ0v) is 19.0. The number of halogens is 1. The maximum atomic E-state index is 13.6. The molecule has 2 aromatic carbocycles. The van der Waals surface area contributed by atoms with Gasteiger partial charge in [-0.15, -0.1) is 0 Å². The fraction of sp³-hybridized carbons (Fsp3) is 0.190. The molecule has 0 spiro atoms. The second kappa shape index (κ2) is 7.03. The standard InChI is InChI=1S/C21H16BrNO7S/c1-29-19(25)21(20(26)30-2)14-9-8-11(22)10-13(14)17(24)16-12-6-4-5-7-15(12)23(18(16)21)31(3,27)28/h4-10H,1-3H3. The maximum absolute atomic E-state index is 13.6. The summed E-state index contributed by atoms with van der Waals surface area (Å²) >= 11 is 3.30. The second-order valence-electron chi connectivity index (χ2n) is 7.02. The van der Waals surface area contributed by atoms with Crippen molar-refractivity contribution in [1.82, 2.24) is 3.97 Å². The molecule has 0 amide bonds. The summed E-state index contributed by atoms with van der Waals surface area (Å²) in [4.78, 5) is 40.2. The molecular formula is C21H16BrNO7S. The highest BCUT2D eigenvalue weighted by molar-refractivity contribution is 9.10. The van der Waals surface area contributed by atoms with Crippen LogP contribution in [0.5, 0.6) is 0 Å². The smallest absolute Gasteiger partial charge is 0.334 e. The van der Waals surface area contributed by atoms with Crippen LogP contribution in [-0.2, 0) is 34.5 Å². The summed E-state index contributed by atoms with van der Waals surface area (Å²) in [5, 5.41) is 0.288. The highest BCUT2D eigenvalue weighted by atomic mass is 79.9. The van der Waals surface area contributed by atoms with E-state index in [1.807, 2.05) is 0 Å². The molecule has 31 heavy (non-hydrogen) atoms. The van der Waals surface area contributed by atoms with Gasteiger partial charge in [0.25, 0.3) is 0 Å². The minimum atomic E-state index is -4.08. The van der Waals surface area contributed by atoms with E-state index in [1.54, 1.807) is 24.3 Å². The van der Waals surface area contributed by atoms with Gasteiger partial charge in [-0.05, 0) is 23.8 Å². The van der Waals surface area contributed by atoms with Gasteiger partial charge in [-0.3, -0.25) is 14.4 Å². The van der Waals surface area contributed by atoms with Crippen molar-refractivity contribution >= 4 is 54.6 Å². The molecule has 0 radical (unpaired) electrons. The Hall–Kier alpha value is -2.98. The predicted molar refractivity (Wildman–Crippen MR) is 115 cm³/mol. The maximum Gasteiger partial charge on any atom is 0.334 e. The van der Waals surface area contributed by atoms with Gasteiger partial charge in [0.05, 0.1) is 37.2 Å². The minimum absolute atomic E-state index is 0.0143. The first-order valence-electron chi connectivity index (χ1n) is 8.96. The van der Waals surface area contributed by atoms with Gasteiger partial charge in [-0.1, -0.05) is 40.2 Å². The molecule has 8 nitrogen and oxygen atoms in total. The molecule has 160 valence electrons. The highest BCUT2D eigenvalue weighted by Gasteiger charge is 2.60. The van der Waals surface area contributed by atoms with Crippen molar-refractivity contribution in [3.05, 3.63) is 69.3 Å². The van der Waals surface area contributed by atoms with E-state index in [4.69, 9.17) is 9.47 Å². The average molecular weight is 506 g/mol. The first-order chi connectivity index (χ1) is 14.6. The Bertz CT molecular complexity index is 1390. The topological polar surface area (TPSA) is 109 Å². The third kappa shape index (κ3) is 2.71. The molecule has 4 rings (SSSR count). The number of aromatic nitrogens is 1. The first-order valence-corrected chi connectivity index (χ1v) is 11.6. The van der Waals surface area contributed by atoms with Crippen molar-refractivity contribution in [2.75, 3.05) is 20.5 Å². The Morgan fingerprint density at radius 1 is 1.03 bits per heavy atom. The number of ketones is 1. The van der Waals surface area contributed by atoms with Crippen molar-refractivity contribution in [1.29, 1.82) is 0 Å². The Labute approximate surface area is 185 Å². The van der Waals surface area contributed by atoms with Gasteiger partial charge in [0.1, 0.15) is 0 Å². The number of esters is 2. The lowest BCUT2D eigenvalue weighted by atomic mass is 9.68. The van der Waals surface area contributed by atoms with Gasteiger partial charge in [0.2, 0.25) is 15.4 Å². The van der Waals surface area contributed by atoms with E-state index in [1.165, 1.54) is 18.2 Å². The molecule has 0 unspecified atom stereocenters. The highest BCUT2D eigenvalue weighted by Crippen LogP contribution is 2.48. The van der Waals surface area contributed by atoms with Crippen LogP contribution in [0, 0.1) is 0 Å². The molecule has 0 bridgehead atoms. The minimum Gasteiger partial charge on any atom is -0.468 e. The van der Waals surface area contributed by atoms with E-state index in [0.717, 1.165) is 24.4 Å². The summed E-state index contributed by atoms with van der Waals surface area (Å²) in [6.07, 6.45) is 0.931. The van der Waals surface area contributed by atoms with Crippen LogP contribution in [0.2, 0.25) is 0 Å². The zero-order valence-electron chi connectivity index (χ0n) is 16.6. The summed E-state index contributed by atoms with van der Waals surface area (Å²) in [5.74, 6) is -2.65. The number of carbonyl (C=O) groups excluding carboxylic acids is 3. The second-order valence-corrected chi connectivity index (χ2v) is 9.77. The zero-order chi connectivity index (χ0) is 22.7. The number of ether oxygens (including phenoxy) is 2. The van der Waals surface area contributed by atoms with Crippen molar-refractivity contribution in [3.63, 3.8) is 0 Å². The van der Waals surface area contributed by atoms with Crippen LogP contribution >= 0.6 is 15.9 Å². The van der Waals surface area contributed by atoms with Crippen molar-refractivity contribution in [2.45, 2.75) is 5.41 Å². The molecule has 0 aliphatic heterocycles. The van der Waals surface area contributed by atoms with Gasteiger partial charge >= 0.3 is 11.9 Å². The van der Waals surface area contributed by atoms with Gasteiger partial charge in [-0.25, -0.2) is 12.4 Å². The molecule has 1 aliphatic carbocycles. The van der Waals surface area contributed by atoms with Crippen LogP contribution in [0.15, 0.2) is 46.9 Å². The number of hydrogen-bond donors (Lipinski definition) is 0. The van der Waals surface area contributed by atoms with Gasteiger partial charge in [0, 0.05) is 15.4 Å². The number of para-hydroxylation sites is 1. The fourth-order valence-corrected chi connectivity index (χ4v) is 5.66. The lowest BCUT2D eigenvalue weighted by Crippen LogP contribution is -2.52. The van der Waals surface area contributed by atoms with Gasteiger partial charge in [0.15, 0.2) is 5.78 Å². The molecule has 1 aromatic heterocycles. The molecule has 0 N–H and O–H groups in total. The molecular weight excluding hydrogens is 490 g/mol. The Kier molecular flexibility index (Phi) is 4.82. The number of hydrogen-bond acceptors (Lipinski definition) is 7. The third-order valence-corrected chi connectivity index (χ3v) is 6.90. The molecule has 0 fully saturated rings. The molecule has 1 heterocycles. The molecule has 0 saturated carbocycles. The van der Waals surface area contributed by atoms with Crippen molar-refractivity contribution in [2.24, 2.45) is 0 Å². The average Bonchev–Trinajstić information content (AvgIpc) is 3.09. The van der Waals surface area contributed by atoms with Crippen LogP contribution in [0.25, 0.3) is 10.9 Å². The number of nitrogens with zero attached hydrogens (tertiary/aromatic N) is 1. The van der Waals surface area contributed by atoms with E-state index in [2.05, 4.69) is 15.9 Å². The predicted octanol–water partition coefficient (Wildman–Crippen LogP) is 2.39. The van der Waals surface area contributed by atoms with E-state index >= 15 is 0 Å². The number of carbonyl (C=O) groups is 3. The van der Waals surface area contributed by atoms with Crippen LogP contribution in [0.4, 0.5) is 0 Å². The fourth-order valence-electron chi connectivity index (χ4n) is 4.22. The summed E-state index contributed by atoms with van der Waals surface area (Å²) in [6, 6.07) is 10.7. The summed E-state index contributed by atoms with van der Waals surface area (Å²) in [5.41, 5.74) is -2.50. The molecule has 0 atom stereocenters. The van der Waals surface area contributed by atoms with E-state index in [-0.39, 0.29) is 33.3 Å². The molecule has 1 aliphatic rings. The van der Waals surface area contributed by atoms with Crippen LogP contribution in [0.3, 0.4) is 0 Å². The summed E-state index contributed by atoms with van der Waals surface area (Å²) < 4.78 is 37.2. The van der Waals surface area contributed by atoms with Crippen molar-refractivity contribution < 1.29 is 32.3 Å². The molecule has 3 aromatic rings. The van der Waals surface area contributed by atoms with Crippen molar-refractivity contribution in [3.8, 4) is 0 Å². The molecule has 0 saturated heterocycles. The number of rotatable bonds is 3. The van der Waals surface area contributed by atoms with E-state index in [0.29, 0.717) is 4.47 Å². The Morgan fingerprint density at radius 3 is 2.23 bits per heavy atom. The van der Waals surface area contributed by atoms with Crippen LogP contribution < -0.4 is 0 Å². The quantitative estimate of drug-likeness (QED) is 0.397. The SMILES string of the molecule is COC(=O)C1(C(=O)OC)c2ccc(Br)cc2C(=O)c2c1n(S(C)(=O)=O)c1ccccc21. The first kappa shape index (κ1) is 21.3. The Balaban J connectivity index is 2.38. The van der Waals surface area contributed by atoms with Gasteiger partial charge in [-0.2, -0.15) is 0 Å². The van der Waals surface area contributed by atoms with E-state index in [9.17, 15) is 22.8 Å². The largest absolute Gasteiger partial charge is 0.468 e. The number of fused-ring (bicyclic) bond motifs is 4. The summed E-state index contributed by atoms with van der Waals surface area (Å²) in [7, 11) is -1.92. The van der Waals surface area contributed by atoms with Crippen LogP contribution in [0.1, 0.15) is 27.2 Å². The number of methoxy groups -OCH3 is 2. The van der Waals surface area contributed by atoms with Crippen LogP contribution in [-0.4, -0.2) is 50.6 Å². The lowest BCUT2D eigenvalue weighted by Gasteiger charge is -2.34. The normalized spacial score (nSPS) is 14.6. The Morgan fingerprint density at radius 2 is 1.65 bits per heavy atom. The third-order valence-electron chi connectivity index (χ3n) is 5.36. The monoisotopic (exact) mass is 505 g/mol. The van der Waals surface area contributed by atoms with E-state index < -0.39 is 33.2 Å². The lowest BCUT2D eigenvalue weighted by molar-refractivity contribution is -0.159. The summed E-state index contributed by atoms with van der Waals surface area (Å²) in [6.45, 7) is 0.